The molecule has 0 radical (unpaired) electrons. The highest BCUT2D eigenvalue weighted by molar-refractivity contribution is 7.17. The summed E-state index contributed by atoms with van der Waals surface area (Å²) in [5, 5.41) is 6.61. The molecule has 31 heavy (non-hydrogen) atoms. The van der Waals surface area contributed by atoms with Crippen LogP contribution < -0.4 is 10.2 Å². The van der Waals surface area contributed by atoms with Gasteiger partial charge in [-0.25, -0.2) is 15.0 Å². The van der Waals surface area contributed by atoms with E-state index in [1.54, 1.807) is 18.4 Å². The summed E-state index contributed by atoms with van der Waals surface area (Å²) in [5.41, 5.74) is 3.14. The number of hydrogen-bond donors (Lipinski definition) is 1. The standard InChI is InChI=1S/C23H23N5O2S/c1-29-14-19-26-22(21-18(15-31-23(21)27-19)16-5-3-2-4-6-16)25-17-7-8-20(24-13-17)28-9-11-30-12-10-28/h2-8,13,15H,9-12,14H2,1H3,(H,25,26,27). The van der Waals surface area contributed by atoms with Gasteiger partial charge in [-0.1, -0.05) is 30.3 Å². The van der Waals surface area contributed by atoms with Crippen LogP contribution in [0.15, 0.2) is 54.0 Å². The average Bonchev–Trinajstić information content (AvgIpc) is 3.25. The zero-order valence-electron chi connectivity index (χ0n) is 17.2. The fourth-order valence-electron chi connectivity index (χ4n) is 3.68. The highest BCUT2D eigenvalue weighted by Gasteiger charge is 2.17. The Bertz CT molecular complexity index is 1160. The fraction of sp³-hybridized carbons (Fsp3) is 0.261. The first kappa shape index (κ1) is 19.9. The Morgan fingerprint density at radius 2 is 1.94 bits per heavy atom. The Hall–Kier alpha value is -3.07. The van der Waals surface area contributed by atoms with Crippen molar-refractivity contribution in [2.75, 3.05) is 43.6 Å². The highest BCUT2D eigenvalue weighted by Crippen LogP contribution is 2.38. The van der Waals surface area contributed by atoms with Crippen molar-refractivity contribution in [1.29, 1.82) is 0 Å². The van der Waals surface area contributed by atoms with Crippen molar-refractivity contribution in [3.8, 4) is 11.1 Å². The van der Waals surface area contributed by atoms with Gasteiger partial charge in [0.1, 0.15) is 23.1 Å². The molecule has 4 aromatic rings. The molecule has 7 nitrogen and oxygen atoms in total. The molecular weight excluding hydrogens is 410 g/mol. The summed E-state index contributed by atoms with van der Waals surface area (Å²) in [7, 11) is 1.65. The molecule has 1 aliphatic heterocycles. The predicted octanol–water partition coefficient (Wildman–Crippen LogP) is 4.48. The maximum Gasteiger partial charge on any atom is 0.158 e. The van der Waals surface area contributed by atoms with Gasteiger partial charge in [-0.15, -0.1) is 11.3 Å². The second-order valence-corrected chi connectivity index (χ2v) is 8.10. The summed E-state index contributed by atoms with van der Waals surface area (Å²) >= 11 is 1.61. The summed E-state index contributed by atoms with van der Waals surface area (Å²) in [6.07, 6.45) is 1.85. The quantitative estimate of drug-likeness (QED) is 0.481. The van der Waals surface area contributed by atoms with E-state index in [9.17, 15) is 0 Å². The van der Waals surface area contributed by atoms with Crippen LogP contribution in [0.5, 0.6) is 0 Å². The molecule has 0 bridgehead atoms. The van der Waals surface area contributed by atoms with E-state index in [1.807, 2.05) is 36.5 Å². The number of morpholine rings is 1. The summed E-state index contributed by atoms with van der Waals surface area (Å²) in [6, 6.07) is 14.4. The number of methoxy groups -OCH3 is 1. The van der Waals surface area contributed by atoms with Crippen LogP contribution in [0.25, 0.3) is 21.3 Å². The number of anilines is 3. The monoisotopic (exact) mass is 433 g/mol. The lowest BCUT2D eigenvalue weighted by molar-refractivity contribution is 0.122. The van der Waals surface area contributed by atoms with Gasteiger partial charge in [0.2, 0.25) is 0 Å². The SMILES string of the molecule is COCc1nc(Nc2ccc(N3CCOCC3)nc2)c2c(-c3ccccc3)csc2n1. The molecule has 1 saturated heterocycles. The molecule has 0 atom stereocenters. The van der Waals surface area contributed by atoms with Crippen LogP contribution in [-0.4, -0.2) is 48.4 Å². The van der Waals surface area contributed by atoms with Crippen molar-refractivity contribution in [3.05, 3.63) is 59.9 Å². The van der Waals surface area contributed by atoms with Crippen molar-refractivity contribution < 1.29 is 9.47 Å². The minimum Gasteiger partial charge on any atom is -0.378 e. The van der Waals surface area contributed by atoms with Crippen LogP contribution in [0.1, 0.15) is 5.82 Å². The van der Waals surface area contributed by atoms with Crippen LogP contribution in [0.4, 0.5) is 17.3 Å². The van der Waals surface area contributed by atoms with E-state index < -0.39 is 0 Å². The van der Waals surface area contributed by atoms with Crippen molar-refractivity contribution in [1.82, 2.24) is 15.0 Å². The van der Waals surface area contributed by atoms with Crippen molar-refractivity contribution in [2.45, 2.75) is 6.61 Å². The number of pyridine rings is 1. The van der Waals surface area contributed by atoms with E-state index in [-0.39, 0.29) is 0 Å². The topological polar surface area (TPSA) is 72.4 Å². The number of rotatable bonds is 6. The Labute approximate surface area is 184 Å². The van der Waals surface area contributed by atoms with E-state index in [4.69, 9.17) is 19.4 Å². The number of thiophene rings is 1. The third-order valence-corrected chi connectivity index (χ3v) is 6.06. The van der Waals surface area contributed by atoms with Gasteiger partial charge in [0.15, 0.2) is 5.82 Å². The van der Waals surface area contributed by atoms with E-state index in [0.717, 1.165) is 65.0 Å². The van der Waals surface area contributed by atoms with Gasteiger partial charge in [-0.3, -0.25) is 0 Å². The molecule has 8 heteroatoms. The number of ether oxygens (including phenoxy) is 2. The van der Waals surface area contributed by atoms with Crippen LogP contribution in [0.2, 0.25) is 0 Å². The second-order valence-electron chi connectivity index (χ2n) is 7.25. The molecule has 0 spiro atoms. The average molecular weight is 434 g/mol. The minimum absolute atomic E-state index is 0.359. The molecule has 1 fully saturated rings. The Morgan fingerprint density at radius 3 is 2.68 bits per heavy atom. The van der Waals surface area contributed by atoms with Crippen LogP contribution in [0.3, 0.4) is 0 Å². The van der Waals surface area contributed by atoms with E-state index in [1.165, 1.54) is 0 Å². The van der Waals surface area contributed by atoms with Gasteiger partial charge in [-0.05, 0) is 17.7 Å². The zero-order chi connectivity index (χ0) is 21.0. The Balaban J connectivity index is 1.51. The summed E-state index contributed by atoms with van der Waals surface area (Å²) in [5.74, 6) is 2.37. The largest absolute Gasteiger partial charge is 0.378 e. The minimum atomic E-state index is 0.359. The lowest BCUT2D eigenvalue weighted by Crippen LogP contribution is -2.36. The molecule has 0 amide bonds. The molecule has 0 aliphatic carbocycles. The number of hydrogen-bond acceptors (Lipinski definition) is 8. The molecule has 0 saturated carbocycles. The van der Waals surface area contributed by atoms with Gasteiger partial charge in [0.05, 0.1) is 30.5 Å². The lowest BCUT2D eigenvalue weighted by atomic mass is 10.1. The number of benzene rings is 1. The molecule has 1 aliphatic rings. The van der Waals surface area contributed by atoms with E-state index in [2.05, 4.69) is 32.7 Å². The molecule has 1 aromatic carbocycles. The molecule has 4 heterocycles. The third kappa shape index (κ3) is 4.23. The highest BCUT2D eigenvalue weighted by atomic mass is 32.1. The number of aromatic nitrogens is 3. The van der Waals surface area contributed by atoms with E-state index in [0.29, 0.717) is 12.4 Å². The molecule has 158 valence electrons. The first-order valence-electron chi connectivity index (χ1n) is 10.2. The molecular formula is C23H23N5O2S. The Kier molecular flexibility index (Phi) is 5.75. The van der Waals surface area contributed by atoms with Gasteiger partial charge in [0.25, 0.3) is 0 Å². The summed E-state index contributed by atoms with van der Waals surface area (Å²) in [4.78, 5) is 17.3. The molecule has 0 unspecified atom stereocenters. The van der Waals surface area contributed by atoms with Crippen LogP contribution >= 0.6 is 11.3 Å². The van der Waals surface area contributed by atoms with Gasteiger partial charge < -0.3 is 19.7 Å². The van der Waals surface area contributed by atoms with Crippen molar-refractivity contribution in [3.63, 3.8) is 0 Å². The number of fused-ring (bicyclic) bond motifs is 1. The smallest absolute Gasteiger partial charge is 0.158 e. The molecule has 1 N–H and O–H groups in total. The van der Waals surface area contributed by atoms with Gasteiger partial charge >= 0.3 is 0 Å². The summed E-state index contributed by atoms with van der Waals surface area (Å²) < 4.78 is 10.7. The van der Waals surface area contributed by atoms with E-state index >= 15 is 0 Å². The zero-order valence-corrected chi connectivity index (χ0v) is 18.1. The third-order valence-electron chi connectivity index (χ3n) is 5.18. The van der Waals surface area contributed by atoms with Crippen molar-refractivity contribution >= 4 is 38.9 Å². The van der Waals surface area contributed by atoms with Gasteiger partial charge in [0, 0.05) is 31.1 Å². The predicted molar refractivity (Wildman–Crippen MR) is 124 cm³/mol. The van der Waals surface area contributed by atoms with Crippen molar-refractivity contribution in [2.24, 2.45) is 0 Å². The Morgan fingerprint density at radius 1 is 1.10 bits per heavy atom. The number of nitrogens with one attached hydrogen (secondary N) is 1. The second kappa shape index (κ2) is 8.97. The molecule has 3 aromatic heterocycles. The maximum absolute atomic E-state index is 5.43. The van der Waals surface area contributed by atoms with Crippen LogP contribution in [0, 0.1) is 0 Å². The normalized spacial score (nSPS) is 14.2. The fourth-order valence-corrected chi connectivity index (χ4v) is 4.64. The first-order chi connectivity index (χ1) is 15.3. The first-order valence-corrected chi connectivity index (χ1v) is 11.1. The van der Waals surface area contributed by atoms with Crippen LogP contribution in [-0.2, 0) is 16.1 Å². The lowest BCUT2D eigenvalue weighted by Gasteiger charge is -2.27. The maximum atomic E-state index is 5.43. The van der Waals surface area contributed by atoms with Gasteiger partial charge in [-0.2, -0.15) is 0 Å². The number of nitrogens with zero attached hydrogens (tertiary/aromatic N) is 4. The summed E-state index contributed by atoms with van der Waals surface area (Å²) in [6.45, 7) is 3.56. The molecule has 5 rings (SSSR count).